The average Bonchev–Trinajstić information content (AvgIpc) is 1.85. The Morgan fingerprint density at radius 1 is 1.45 bits per heavy atom. The van der Waals surface area contributed by atoms with Gasteiger partial charge < -0.3 is 10.6 Å². The number of aryl methyl sites for hydroxylation is 1. The Hall–Kier alpha value is -1.25. The molecule has 0 amide bonds. The smallest absolute Gasteiger partial charge is 0.131 e. The molecular formula is C8H13N3. The standard InChI is InChI=1S/C8H13N3/c1-6-4-7(9)5-10-8(6)11(2)3/h4-5H,9H2,1-3H3. The minimum Gasteiger partial charge on any atom is -0.397 e. The predicted octanol–water partition coefficient (Wildman–Crippen LogP) is 1.04. The average molecular weight is 151 g/mol. The lowest BCUT2D eigenvalue weighted by Gasteiger charge is -2.13. The summed E-state index contributed by atoms with van der Waals surface area (Å²) in [6.07, 6.45) is 1.67. The van der Waals surface area contributed by atoms with Crippen LogP contribution in [0.4, 0.5) is 11.5 Å². The fraction of sp³-hybridized carbons (Fsp3) is 0.375. The van der Waals surface area contributed by atoms with Gasteiger partial charge in [-0.25, -0.2) is 4.98 Å². The molecule has 0 unspecified atom stereocenters. The molecule has 3 nitrogen and oxygen atoms in total. The summed E-state index contributed by atoms with van der Waals surface area (Å²) in [5, 5.41) is 0. The first-order valence-electron chi connectivity index (χ1n) is 3.50. The second-order valence-corrected chi connectivity index (χ2v) is 2.80. The third-order valence-electron chi connectivity index (χ3n) is 1.50. The third kappa shape index (κ3) is 1.61. The van der Waals surface area contributed by atoms with E-state index in [-0.39, 0.29) is 0 Å². The number of anilines is 2. The van der Waals surface area contributed by atoms with Crippen LogP contribution in [-0.2, 0) is 0 Å². The lowest BCUT2D eigenvalue weighted by Crippen LogP contribution is -2.12. The zero-order chi connectivity index (χ0) is 8.43. The molecule has 2 N–H and O–H groups in total. The zero-order valence-electron chi connectivity index (χ0n) is 7.13. The van der Waals surface area contributed by atoms with Crippen LogP contribution in [0.1, 0.15) is 5.56 Å². The summed E-state index contributed by atoms with van der Waals surface area (Å²) in [4.78, 5) is 6.15. The van der Waals surface area contributed by atoms with Gasteiger partial charge in [0.15, 0.2) is 0 Å². The fourth-order valence-electron chi connectivity index (χ4n) is 1.06. The Morgan fingerprint density at radius 3 is 2.55 bits per heavy atom. The zero-order valence-corrected chi connectivity index (χ0v) is 7.13. The van der Waals surface area contributed by atoms with Gasteiger partial charge in [-0.15, -0.1) is 0 Å². The van der Waals surface area contributed by atoms with E-state index in [9.17, 15) is 0 Å². The number of hydrogen-bond acceptors (Lipinski definition) is 3. The van der Waals surface area contributed by atoms with Crippen molar-refractivity contribution < 1.29 is 0 Å². The van der Waals surface area contributed by atoms with Crippen LogP contribution in [0.25, 0.3) is 0 Å². The van der Waals surface area contributed by atoms with Crippen molar-refractivity contribution in [3.05, 3.63) is 17.8 Å². The normalized spacial score (nSPS) is 9.73. The summed E-state index contributed by atoms with van der Waals surface area (Å²) >= 11 is 0. The Labute approximate surface area is 66.8 Å². The van der Waals surface area contributed by atoms with Gasteiger partial charge in [-0.05, 0) is 18.6 Å². The molecule has 0 atom stereocenters. The molecular weight excluding hydrogens is 138 g/mol. The van der Waals surface area contributed by atoms with E-state index in [0.29, 0.717) is 5.69 Å². The molecule has 1 rings (SSSR count). The number of pyridine rings is 1. The second-order valence-electron chi connectivity index (χ2n) is 2.80. The second kappa shape index (κ2) is 2.78. The van der Waals surface area contributed by atoms with E-state index >= 15 is 0 Å². The van der Waals surface area contributed by atoms with Crippen molar-refractivity contribution in [2.45, 2.75) is 6.92 Å². The highest BCUT2D eigenvalue weighted by Gasteiger charge is 2.00. The van der Waals surface area contributed by atoms with Crippen molar-refractivity contribution in [3.63, 3.8) is 0 Å². The molecule has 0 fully saturated rings. The van der Waals surface area contributed by atoms with E-state index in [1.165, 1.54) is 0 Å². The van der Waals surface area contributed by atoms with Crippen molar-refractivity contribution in [2.24, 2.45) is 0 Å². The molecule has 1 aromatic heterocycles. The van der Waals surface area contributed by atoms with Gasteiger partial charge >= 0.3 is 0 Å². The molecule has 3 heteroatoms. The Balaban J connectivity index is 3.09. The minimum atomic E-state index is 0.716. The maximum absolute atomic E-state index is 5.55. The molecule has 0 aliphatic carbocycles. The molecule has 1 heterocycles. The van der Waals surface area contributed by atoms with Crippen molar-refractivity contribution in [1.82, 2.24) is 4.98 Å². The number of nitrogens with zero attached hydrogens (tertiary/aromatic N) is 2. The molecule has 60 valence electrons. The SMILES string of the molecule is Cc1cc(N)cnc1N(C)C. The molecule has 0 bridgehead atoms. The van der Waals surface area contributed by atoms with Gasteiger partial charge in [-0.1, -0.05) is 0 Å². The maximum Gasteiger partial charge on any atom is 0.131 e. The number of nitrogens with two attached hydrogens (primary N) is 1. The van der Waals surface area contributed by atoms with E-state index in [4.69, 9.17) is 5.73 Å². The molecule has 0 aliphatic heterocycles. The lowest BCUT2D eigenvalue weighted by molar-refractivity contribution is 1.05. The summed E-state index contributed by atoms with van der Waals surface area (Å²) in [6.45, 7) is 2.00. The maximum atomic E-state index is 5.55. The van der Waals surface area contributed by atoms with Crippen LogP contribution in [0.15, 0.2) is 12.3 Å². The predicted molar refractivity (Wildman–Crippen MR) is 47.7 cm³/mol. The van der Waals surface area contributed by atoms with Crippen LogP contribution in [0.2, 0.25) is 0 Å². The van der Waals surface area contributed by atoms with Crippen molar-refractivity contribution >= 4 is 11.5 Å². The first-order chi connectivity index (χ1) is 5.11. The van der Waals surface area contributed by atoms with Crippen LogP contribution < -0.4 is 10.6 Å². The van der Waals surface area contributed by atoms with Gasteiger partial charge in [-0.3, -0.25) is 0 Å². The molecule has 0 aliphatic rings. The molecule has 0 radical (unpaired) electrons. The highest BCUT2D eigenvalue weighted by Crippen LogP contribution is 2.15. The van der Waals surface area contributed by atoms with Crippen molar-refractivity contribution in [2.75, 3.05) is 24.7 Å². The molecule has 0 saturated carbocycles. The van der Waals surface area contributed by atoms with Crippen LogP contribution in [0.3, 0.4) is 0 Å². The van der Waals surface area contributed by atoms with E-state index < -0.39 is 0 Å². The number of nitrogen functional groups attached to an aromatic ring is 1. The van der Waals surface area contributed by atoms with E-state index in [0.717, 1.165) is 11.4 Å². The Morgan fingerprint density at radius 2 is 2.09 bits per heavy atom. The number of rotatable bonds is 1. The largest absolute Gasteiger partial charge is 0.397 e. The van der Waals surface area contributed by atoms with Crippen molar-refractivity contribution in [1.29, 1.82) is 0 Å². The van der Waals surface area contributed by atoms with Crippen LogP contribution >= 0.6 is 0 Å². The highest BCUT2D eigenvalue weighted by molar-refractivity contribution is 5.51. The summed E-state index contributed by atoms with van der Waals surface area (Å²) in [5.41, 5.74) is 7.37. The van der Waals surface area contributed by atoms with Gasteiger partial charge in [0.1, 0.15) is 5.82 Å². The monoisotopic (exact) mass is 151 g/mol. The van der Waals surface area contributed by atoms with Gasteiger partial charge in [0.05, 0.1) is 11.9 Å². The third-order valence-corrected chi connectivity index (χ3v) is 1.50. The summed E-state index contributed by atoms with van der Waals surface area (Å²) < 4.78 is 0. The van der Waals surface area contributed by atoms with Gasteiger partial charge in [-0.2, -0.15) is 0 Å². The highest BCUT2D eigenvalue weighted by atomic mass is 15.1. The van der Waals surface area contributed by atoms with Gasteiger partial charge in [0.2, 0.25) is 0 Å². The molecule has 0 spiro atoms. The number of aromatic nitrogens is 1. The fourth-order valence-corrected chi connectivity index (χ4v) is 1.06. The van der Waals surface area contributed by atoms with Gasteiger partial charge in [0.25, 0.3) is 0 Å². The Kier molecular flexibility index (Phi) is 1.98. The van der Waals surface area contributed by atoms with E-state index in [2.05, 4.69) is 4.98 Å². The van der Waals surface area contributed by atoms with Gasteiger partial charge in [0, 0.05) is 14.1 Å². The molecule has 1 aromatic rings. The number of hydrogen-bond donors (Lipinski definition) is 1. The van der Waals surface area contributed by atoms with E-state index in [1.54, 1.807) is 6.20 Å². The molecule has 11 heavy (non-hydrogen) atoms. The first kappa shape index (κ1) is 7.85. The first-order valence-corrected chi connectivity index (χ1v) is 3.50. The summed E-state index contributed by atoms with van der Waals surface area (Å²) in [7, 11) is 3.93. The Bertz CT molecular complexity index is 256. The van der Waals surface area contributed by atoms with Crippen LogP contribution in [0, 0.1) is 6.92 Å². The van der Waals surface area contributed by atoms with Crippen molar-refractivity contribution in [3.8, 4) is 0 Å². The van der Waals surface area contributed by atoms with Crippen LogP contribution in [-0.4, -0.2) is 19.1 Å². The van der Waals surface area contributed by atoms with E-state index in [1.807, 2.05) is 32.0 Å². The lowest BCUT2D eigenvalue weighted by atomic mass is 10.2. The summed E-state index contributed by atoms with van der Waals surface area (Å²) in [5.74, 6) is 0.971. The molecule has 0 saturated heterocycles. The quantitative estimate of drug-likeness (QED) is 0.652. The van der Waals surface area contributed by atoms with Crippen LogP contribution in [0.5, 0.6) is 0 Å². The minimum absolute atomic E-state index is 0.716. The summed E-state index contributed by atoms with van der Waals surface area (Å²) in [6, 6.07) is 1.92. The molecule has 0 aromatic carbocycles. The topological polar surface area (TPSA) is 42.1 Å².